The monoisotopic (exact) mass is 480 g/mol. The van der Waals surface area contributed by atoms with Crippen LogP contribution in [0.25, 0.3) is 11.0 Å². The lowest BCUT2D eigenvalue weighted by molar-refractivity contribution is -0.147. The molecule has 2 aromatic carbocycles. The molecule has 0 bridgehead atoms. The molecule has 176 valence electrons. The Labute approximate surface area is 189 Å². The molecule has 11 heteroatoms. The summed E-state index contributed by atoms with van der Waals surface area (Å²) in [6.07, 6.45) is -2.93. The SMILES string of the molecule is CC1CCCN(S(=O)(=O)c2ccc(NC(=O)Cn3c(C(F)(F)F)nc4ccccc43)cc2)C1. The van der Waals surface area contributed by atoms with Gasteiger partial charge in [0.2, 0.25) is 21.8 Å². The molecule has 0 aliphatic carbocycles. The van der Waals surface area contributed by atoms with Crippen molar-refractivity contribution in [2.45, 2.75) is 37.4 Å². The largest absolute Gasteiger partial charge is 0.449 e. The maximum absolute atomic E-state index is 13.4. The molecule has 1 amide bonds. The summed E-state index contributed by atoms with van der Waals surface area (Å²) in [6, 6.07) is 11.7. The van der Waals surface area contributed by atoms with Gasteiger partial charge in [-0.2, -0.15) is 17.5 Å². The van der Waals surface area contributed by atoms with Crippen molar-refractivity contribution in [1.82, 2.24) is 13.9 Å². The van der Waals surface area contributed by atoms with Gasteiger partial charge in [-0.1, -0.05) is 19.1 Å². The Bertz CT molecular complexity index is 1270. The van der Waals surface area contributed by atoms with Crippen molar-refractivity contribution in [1.29, 1.82) is 0 Å². The van der Waals surface area contributed by atoms with E-state index in [1.807, 2.05) is 6.92 Å². The van der Waals surface area contributed by atoms with E-state index in [0.717, 1.165) is 17.4 Å². The predicted octanol–water partition coefficient (Wildman–Crippen LogP) is 4.11. The lowest BCUT2D eigenvalue weighted by Crippen LogP contribution is -2.39. The lowest BCUT2D eigenvalue weighted by atomic mass is 10.0. The highest BCUT2D eigenvalue weighted by Gasteiger charge is 2.38. The average molecular weight is 481 g/mol. The Kier molecular flexibility index (Phi) is 6.19. The third kappa shape index (κ3) is 4.88. The summed E-state index contributed by atoms with van der Waals surface area (Å²) in [4.78, 5) is 16.2. The van der Waals surface area contributed by atoms with E-state index < -0.39 is 34.5 Å². The zero-order chi connectivity index (χ0) is 23.8. The summed E-state index contributed by atoms with van der Waals surface area (Å²) in [6.45, 7) is 2.34. The van der Waals surface area contributed by atoms with Gasteiger partial charge in [-0.3, -0.25) is 4.79 Å². The molecule has 1 aromatic heterocycles. The third-order valence-electron chi connectivity index (χ3n) is 5.61. The molecular weight excluding hydrogens is 457 g/mol. The van der Waals surface area contributed by atoms with E-state index in [4.69, 9.17) is 0 Å². The van der Waals surface area contributed by atoms with Crippen molar-refractivity contribution in [2.75, 3.05) is 18.4 Å². The van der Waals surface area contributed by atoms with Crippen LogP contribution in [0.2, 0.25) is 0 Å². The van der Waals surface area contributed by atoms with Crippen molar-refractivity contribution < 1.29 is 26.4 Å². The van der Waals surface area contributed by atoms with Crippen molar-refractivity contribution in [2.24, 2.45) is 5.92 Å². The second-order valence-corrected chi connectivity index (χ2v) is 10.1. The van der Waals surface area contributed by atoms with Crippen LogP contribution in [-0.4, -0.2) is 41.3 Å². The molecular formula is C22H23F3N4O3S. The number of benzene rings is 2. The molecule has 1 unspecified atom stereocenters. The number of amides is 1. The number of fused-ring (bicyclic) bond motifs is 1. The van der Waals surface area contributed by atoms with Crippen LogP contribution < -0.4 is 5.32 Å². The van der Waals surface area contributed by atoms with Crippen LogP contribution in [-0.2, 0) is 27.5 Å². The Morgan fingerprint density at radius 3 is 2.52 bits per heavy atom. The van der Waals surface area contributed by atoms with Crippen LogP contribution in [0.15, 0.2) is 53.4 Å². The Hall–Kier alpha value is -2.92. The van der Waals surface area contributed by atoms with Crippen LogP contribution in [0.4, 0.5) is 18.9 Å². The van der Waals surface area contributed by atoms with Gasteiger partial charge >= 0.3 is 6.18 Å². The van der Waals surface area contributed by atoms with Crippen LogP contribution in [0, 0.1) is 5.92 Å². The molecule has 3 aromatic rings. The van der Waals surface area contributed by atoms with Crippen LogP contribution in [0.5, 0.6) is 0 Å². The molecule has 1 aliphatic heterocycles. The molecule has 2 heterocycles. The molecule has 4 rings (SSSR count). The first-order valence-corrected chi connectivity index (χ1v) is 11.9. The van der Waals surface area contributed by atoms with Gasteiger partial charge in [-0.15, -0.1) is 0 Å². The Morgan fingerprint density at radius 1 is 1.15 bits per heavy atom. The van der Waals surface area contributed by atoms with Gasteiger partial charge < -0.3 is 9.88 Å². The fraction of sp³-hybridized carbons (Fsp3) is 0.364. The van der Waals surface area contributed by atoms with E-state index in [-0.39, 0.29) is 27.5 Å². The zero-order valence-electron chi connectivity index (χ0n) is 17.8. The van der Waals surface area contributed by atoms with Gasteiger partial charge in [-0.25, -0.2) is 13.4 Å². The maximum atomic E-state index is 13.4. The van der Waals surface area contributed by atoms with E-state index in [1.54, 1.807) is 12.1 Å². The van der Waals surface area contributed by atoms with E-state index in [0.29, 0.717) is 13.1 Å². The number of imidazole rings is 1. The number of para-hydroxylation sites is 2. The van der Waals surface area contributed by atoms with Crippen molar-refractivity contribution >= 4 is 32.7 Å². The van der Waals surface area contributed by atoms with Crippen LogP contribution in [0.1, 0.15) is 25.6 Å². The minimum atomic E-state index is -4.72. The molecule has 1 aliphatic rings. The van der Waals surface area contributed by atoms with Gasteiger partial charge in [0.05, 0.1) is 15.9 Å². The number of alkyl halides is 3. The van der Waals surface area contributed by atoms with E-state index in [2.05, 4.69) is 10.3 Å². The van der Waals surface area contributed by atoms with Crippen molar-refractivity contribution in [3.05, 3.63) is 54.4 Å². The lowest BCUT2D eigenvalue weighted by Gasteiger charge is -2.30. The average Bonchev–Trinajstić information content (AvgIpc) is 3.13. The van der Waals surface area contributed by atoms with Gasteiger partial charge in [-0.05, 0) is 55.2 Å². The number of sulfonamides is 1. The smallest absolute Gasteiger partial charge is 0.325 e. The van der Waals surface area contributed by atoms with Gasteiger partial charge in [0, 0.05) is 18.8 Å². The molecule has 0 spiro atoms. The summed E-state index contributed by atoms with van der Waals surface area (Å²) in [7, 11) is -3.64. The van der Waals surface area contributed by atoms with Crippen LogP contribution in [0.3, 0.4) is 0 Å². The first-order chi connectivity index (χ1) is 15.6. The highest BCUT2D eigenvalue weighted by atomic mass is 32.2. The molecule has 0 radical (unpaired) electrons. The number of aromatic nitrogens is 2. The van der Waals surface area contributed by atoms with E-state index >= 15 is 0 Å². The van der Waals surface area contributed by atoms with E-state index in [9.17, 15) is 26.4 Å². The first-order valence-electron chi connectivity index (χ1n) is 10.5. The zero-order valence-corrected chi connectivity index (χ0v) is 18.7. The third-order valence-corrected chi connectivity index (χ3v) is 7.48. The molecule has 1 N–H and O–H groups in total. The quantitative estimate of drug-likeness (QED) is 0.596. The topological polar surface area (TPSA) is 84.3 Å². The van der Waals surface area contributed by atoms with E-state index in [1.165, 1.54) is 40.7 Å². The van der Waals surface area contributed by atoms with Gasteiger partial charge in [0.25, 0.3) is 0 Å². The maximum Gasteiger partial charge on any atom is 0.449 e. The van der Waals surface area contributed by atoms with Gasteiger partial charge in [0.1, 0.15) is 6.54 Å². The second kappa shape index (κ2) is 8.79. The number of piperidine rings is 1. The number of nitrogens with one attached hydrogen (secondary N) is 1. The van der Waals surface area contributed by atoms with Crippen molar-refractivity contribution in [3.63, 3.8) is 0 Å². The summed E-state index contributed by atoms with van der Waals surface area (Å²) < 4.78 is 68.3. The molecule has 1 fully saturated rings. The number of rotatable bonds is 5. The minimum Gasteiger partial charge on any atom is -0.325 e. The highest BCUT2D eigenvalue weighted by Crippen LogP contribution is 2.31. The normalized spacial score (nSPS) is 17.9. The molecule has 1 saturated heterocycles. The summed E-state index contributed by atoms with van der Waals surface area (Å²) >= 11 is 0. The summed E-state index contributed by atoms with van der Waals surface area (Å²) in [5, 5.41) is 2.53. The number of nitrogens with zero attached hydrogens (tertiary/aromatic N) is 3. The first kappa shape index (κ1) is 23.2. The summed E-state index contributed by atoms with van der Waals surface area (Å²) in [5.74, 6) is -1.56. The summed E-state index contributed by atoms with van der Waals surface area (Å²) in [5.41, 5.74) is 0.611. The fourth-order valence-electron chi connectivity index (χ4n) is 4.02. The standard InChI is InChI=1S/C22H23F3N4O3S/c1-15-5-4-12-28(13-15)33(31,32)17-10-8-16(9-11-17)26-20(30)14-29-19-7-3-2-6-18(19)27-21(29)22(23,24)25/h2-3,6-11,15H,4-5,12-14H2,1H3,(H,26,30). The van der Waals surface area contributed by atoms with Crippen LogP contribution >= 0.6 is 0 Å². The van der Waals surface area contributed by atoms with Gasteiger partial charge in [0.15, 0.2) is 0 Å². The predicted molar refractivity (Wildman–Crippen MR) is 117 cm³/mol. The number of hydrogen-bond donors (Lipinski definition) is 1. The Morgan fingerprint density at radius 2 is 1.85 bits per heavy atom. The number of carbonyl (C=O) groups excluding carboxylic acids is 1. The molecule has 33 heavy (non-hydrogen) atoms. The number of carbonyl (C=O) groups is 1. The number of anilines is 1. The molecule has 1 atom stereocenters. The number of halogens is 3. The minimum absolute atomic E-state index is 0.106. The number of hydrogen-bond acceptors (Lipinski definition) is 4. The fourth-order valence-corrected chi connectivity index (χ4v) is 5.62. The highest BCUT2D eigenvalue weighted by molar-refractivity contribution is 7.89. The Balaban J connectivity index is 1.50. The second-order valence-electron chi connectivity index (χ2n) is 8.19. The van der Waals surface area contributed by atoms with Crippen molar-refractivity contribution in [3.8, 4) is 0 Å². The molecule has 0 saturated carbocycles. The molecule has 7 nitrogen and oxygen atoms in total.